The highest BCUT2D eigenvalue weighted by Crippen LogP contribution is 2.36. The molecule has 2 fully saturated rings. The van der Waals surface area contributed by atoms with E-state index in [-0.39, 0.29) is 23.9 Å². The third-order valence-electron chi connectivity index (χ3n) is 6.27. The Bertz CT molecular complexity index is 953. The number of anilines is 2. The molecule has 2 atom stereocenters. The van der Waals surface area contributed by atoms with Crippen molar-refractivity contribution < 1.29 is 9.90 Å². The highest BCUT2D eigenvalue weighted by atomic mass is 16.3. The van der Waals surface area contributed by atoms with Crippen molar-refractivity contribution in [2.75, 3.05) is 56.0 Å². The van der Waals surface area contributed by atoms with Gasteiger partial charge < -0.3 is 30.4 Å². The number of phenols is 1. The molecule has 3 N–H and O–H groups in total. The average Bonchev–Trinajstić information content (AvgIpc) is 2.78. The number of hydrogen-bond acceptors (Lipinski definition) is 7. The molecule has 5 rings (SSSR count). The monoisotopic (exact) mass is 409 g/mol. The van der Waals surface area contributed by atoms with Crippen LogP contribution in [0.15, 0.2) is 30.3 Å². The molecule has 3 aliphatic rings. The van der Waals surface area contributed by atoms with Crippen molar-refractivity contribution >= 4 is 17.5 Å². The number of rotatable bonds is 1. The number of aromatic nitrogens is 2. The van der Waals surface area contributed by atoms with E-state index in [2.05, 4.69) is 32.7 Å². The standard InChI is InChI=1S/C21H27N7O2/c1-14-11-22-6-7-27(14)21(30)26-8-9-28-15(13-26)12-23-20-18(28)10-17(24-25-20)16-4-2-3-5-19(16)29/h2-5,10,14-15,22,29H,6-9,11-13H2,1H3,(H,23,25)/t14-,15+/m1/s1. The Hall–Kier alpha value is -3.07. The number of para-hydroxylation sites is 1. The highest BCUT2D eigenvalue weighted by molar-refractivity contribution is 5.78. The summed E-state index contributed by atoms with van der Waals surface area (Å²) < 4.78 is 0. The summed E-state index contributed by atoms with van der Waals surface area (Å²) in [6.07, 6.45) is 0. The van der Waals surface area contributed by atoms with Gasteiger partial charge in [0.15, 0.2) is 5.82 Å². The van der Waals surface area contributed by atoms with Gasteiger partial charge in [-0.05, 0) is 25.1 Å². The van der Waals surface area contributed by atoms with Crippen LogP contribution < -0.4 is 15.5 Å². The van der Waals surface area contributed by atoms with Crippen LogP contribution in [0.3, 0.4) is 0 Å². The van der Waals surface area contributed by atoms with Gasteiger partial charge in [0.05, 0.1) is 17.4 Å². The number of hydrogen-bond donors (Lipinski definition) is 3. The smallest absolute Gasteiger partial charge is 0.320 e. The molecular weight excluding hydrogens is 382 g/mol. The van der Waals surface area contributed by atoms with E-state index in [0.29, 0.717) is 24.3 Å². The van der Waals surface area contributed by atoms with Crippen LogP contribution in [-0.2, 0) is 0 Å². The molecule has 4 heterocycles. The maximum absolute atomic E-state index is 13.1. The van der Waals surface area contributed by atoms with Crippen LogP contribution in [0.1, 0.15) is 6.92 Å². The van der Waals surface area contributed by atoms with Crippen LogP contribution in [0.2, 0.25) is 0 Å². The summed E-state index contributed by atoms with van der Waals surface area (Å²) in [4.78, 5) is 19.4. The normalized spacial score (nSPS) is 23.4. The van der Waals surface area contributed by atoms with Gasteiger partial charge in [-0.1, -0.05) is 12.1 Å². The van der Waals surface area contributed by atoms with Crippen molar-refractivity contribution in [1.82, 2.24) is 25.3 Å². The third kappa shape index (κ3) is 3.28. The summed E-state index contributed by atoms with van der Waals surface area (Å²) in [7, 11) is 0. The minimum absolute atomic E-state index is 0.136. The van der Waals surface area contributed by atoms with E-state index in [4.69, 9.17) is 0 Å². The van der Waals surface area contributed by atoms with Gasteiger partial charge in [-0.25, -0.2) is 4.79 Å². The largest absolute Gasteiger partial charge is 0.507 e. The summed E-state index contributed by atoms with van der Waals surface area (Å²) in [5.41, 5.74) is 2.28. The van der Waals surface area contributed by atoms with Crippen LogP contribution in [-0.4, -0.2) is 89.0 Å². The molecular formula is C21H27N7O2. The molecule has 9 nitrogen and oxygen atoms in total. The molecule has 0 radical (unpaired) electrons. The van der Waals surface area contributed by atoms with Crippen LogP contribution in [0.4, 0.5) is 16.3 Å². The topological polar surface area (TPSA) is 96.9 Å². The van der Waals surface area contributed by atoms with Crippen molar-refractivity contribution in [1.29, 1.82) is 0 Å². The first-order valence-corrected chi connectivity index (χ1v) is 10.5. The second kappa shape index (κ2) is 7.64. The van der Waals surface area contributed by atoms with Crippen LogP contribution >= 0.6 is 0 Å². The first-order chi connectivity index (χ1) is 14.6. The number of amides is 2. The van der Waals surface area contributed by atoms with Crippen LogP contribution in [0.5, 0.6) is 5.75 Å². The summed E-state index contributed by atoms with van der Waals surface area (Å²) >= 11 is 0. The molecule has 0 unspecified atom stereocenters. The predicted molar refractivity (Wildman–Crippen MR) is 115 cm³/mol. The summed E-state index contributed by atoms with van der Waals surface area (Å²) in [5.74, 6) is 0.938. The van der Waals surface area contributed by atoms with Crippen molar-refractivity contribution in [2.24, 2.45) is 0 Å². The van der Waals surface area contributed by atoms with E-state index in [9.17, 15) is 9.90 Å². The lowest BCUT2D eigenvalue weighted by Crippen LogP contribution is -2.63. The molecule has 0 bridgehead atoms. The SMILES string of the molecule is C[C@@H]1CNCCN1C(=O)N1CCN2c3cc(-c4ccccc4O)nnc3NC[C@H]2C1. The number of carbonyl (C=O) groups excluding carboxylic acids is 1. The molecule has 30 heavy (non-hydrogen) atoms. The predicted octanol–water partition coefficient (Wildman–Crippen LogP) is 1.18. The van der Waals surface area contributed by atoms with Crippen molar-refractivity contribution in [2.45, 2.75) is 19.0 Å². The van der Waals surface area contributed by atoms with Gasteiger partial charge in [0.25, 0.3) is 0 Å². The Balaban J connectivity index is 1.36. The quantitative estimate of drug-likeness (QED) is 0.651. The van der Waals surface area contributed by atoms with Gasteiger partial charge in [-0.3, -0.25) is 0 Å². The number of carbonyl (C=O) groups is 1. The molecule has 158 valence electrons. The number of fused-ring (bicyclic) bond motifs is 3. The maximum atomic E-state index is 13.1. The van der Waals surface area contributed by atoms with E-state index in [1.54, 1.807) is 12.1 Å². The Morgan fingerprint density at radius 3 is 2.87 bits per heavy atom. The van der Waals surface area contributed by atoms with Crippen LogP contribution in [0.25, 0.3) is 11.3 Å². The Morgan fingerprint density at radius 2 is 2.03 bits per heavy atom. The fourth-order valence-corrected chi connectivity index (χ4v) is 4.59. The zero-order valence-corrected chi connectivity index (χ0v) is 17.1. The summed E-state index contributed by atoms with van der Waals surface area (Å²) in [6.45, 7) is 7.37. The van der Waals surface area contributed by atoms with Gasteiger partial charge in [-0.15, -0.1) is 10.2 Å². The number of nitrogens with one attached hydrogen (secondary N) is 2. The van der Waals surface area contributed by atoms with Crippen LogP contribution in [0, 0.1) is 0 Å². The molecule has 1 aromatic carbocycles. The number of phenolic OH excluding ortho intramolecular Hbond substituents is 1. The first-order valence-electron chi connectivity index (χ1n) is 10.5. The lowest BCUT2D eigenvalue weighted by Gasteiger charge is -2.47. The number of nitrogens with zero attached hydrogens (tertiary/aromatic N) is 5. The lowest BCUT2D eigenvalue weighted by atomic mass is 10.1. The number of aromatic hydroxyl groups is 1. The fraction of sp³-hybridized carbons (Fsp3) is 0.476. The van der Waals surface area contributed by atoms with Gasteiger partial charge in [0.2, 0.25) is 0 Å². The van der Waals surface area contributed by atoms with E-state index in [1.165, 1.54) is 0 Å². The molecule has 9 heteroatoms. The summed E-state index contributed by atoms with van der Waals surface area (Å²) in [6, 6.07) is 9.66. The van der Waals surface area contributed by atoms with Gasteiger partial charge in [0.1, 0.15) is 5.75 Å². The molecule has 0 spiro atoms. The number of urea groups is 1. The molecule has 2 aromatic rings. The Labute approximate surface area is 175 Å². The first kappa shape index (κ1) is 18.9. The number of benzene rings is 1. The zero-order valence-electron chi connectivity index (χ0n) is 17.1. The van der Waals surface area contributed by atoms with Gasteiger partial charge in [0, 0.05) is 57.4 Å². The lowest BCUT2D eigenvalue weighted by molar-refractivity contribution is 0.118. The second-order valence-corrected chi connectivity index (χ2v) is 8.18. The molecule has 0 saturated carbocycles. The second-order valence-electron chi connectivity index (χ2n) is 8.18. The minimum atomic E-state index is 0.136. The molecule has 2 amide bonds. The van der Waals surface area contributed by atoms with Crippen molar-refractivity contribution in [3.63, 3.8) is 0 Å². The Kier molecular flexibility index (Phi) is 4.82. The van der Waals surface area contributed by atoms with Gasteiger partial charge >= 0.3 is 6.03 Å². The highest BCUT2D eigenvalue weighted by Gasteiger charge is 2.37. The Morgan fingerprint density at radius 1 is 1.17 bits per heavy atom. The van der Waals surface area contributed by atoms with Crippen molar-refractivity contribution in [3.05, 3.63) is 30.3 Å². The molecule has 3 aliphatic heterocycles. The minimum Gasteiger partial charge on any atom is -0.507 e. The van der Waals surface area contributed by atoms with E-state index in [0.717, 1.165) is 44.2 Å². The van der Waals surface area contributed by atoms with E-state index >= 15 is 0 Å². The van der Waals surface area contributed by atoms with Crippen molar-refractivity contribution in [3.8, 4) is 17.0 Å². The molecule has 2 saturated heterocycles. The van der Waals surface area contributed by atoms with E-state index < -0.39 is 0 Å². The maximum Gasteiger partial charge on any atom is 0.320 e. The number of piperazine rings is 2. The average molecular weight is 409 g/mol. The zero-order chi connectivity index (χ0) is 20.7. The van der Waals surface area contributed by atoms with Gasteiger partial charge in [-0.2, -0.15) is 0 Å². The molecule has 1 aromatic heterocycles. The van der Waals surface area contributed by atoms with E-state index in [1.807, 2.05) is 28.0 Å². The molecule has 0 aliphatic carbocycles. The fourth-order valence-electron chi connectivity index (χ4n) is 4.59. The summed E-state index contributed by atoms with van der Waals surface area (Å²) in [5, 5.41) is 25.5. The third-order valence-corrected chi connectivity index (χ3v) is 6.27.